The van der Waals surface area contributed by atoms with E-state index in [0.717, 1.165) is 16.8 Å². The quantitative estimate of drug-likeness (QED) is 0.720. The van der Waals surface area contributed by atoms with Crippen molar-refractivity contribution in [3.8, 4) is 11.3 Å². The van der Waals surface area contributed by atoms with Crippen LogP contribution in [-0.2, 0) is 11.2 Å². The summed E-state index contributed by atoms with van der Waals surface area (Å²) in [4.78, 5) is 16.3. The van der Waals surface area contributed by atoms with Crippen molar-refractivity contribution in [2.24, 2.45) is 0 Å². The molecule has 1 N–H and O–H groups in total. The Morgan fingerprint density at radius 1 is 1.21 bits per heavy atom. The number of aryl methyl sites for hydroxylation is 2. The molecule has 24 heavy (non-hydrogen) atoms. The number of halogens is 1. The van der Waals surface area contributed by atoms with Crippen molar-refractivity contribution < 1.29 is 9.21 Å². The minimum atomic E-state index is -0.0974. The van der Waals surface area contributed by atoms with E-state index in [0.29, 0.717) is 29.5 Å². The standard InChI is InChI=1S/C19H17ClN2O2/c1-13-7-8-15(20)11-16(13)22-18(23)9-10-19-21-12-17(24-19)14-5-3-2-4-6-14/h2-8,11-12H,9-10H2,1H3,(H,22,23). The van der Waals surface area contributed by atoms with Gasteiger partial charge in [-0.15, -0.1) is 0 Å². The second kappa shape index (κ2) is 7.32. The number of amides is 1. The molecule has 0 bridgehead atoms. The first-order valence-electron chi connectivity index (χ1n) is 7.68. The molecule has 4 nitrogen and oxygen atoms in total. The van der Waals surface area contributed by atoms with Gasteiger partial charge in [0.15, 0.2) is 11.7 Å². The van der Waals surface area contributed by atoms with Gasteiger partial charge in [-0.25, -0.2) is 4.98 Å². The van der Waals surface area contributed by atoms with Gasteiger partial charge < -0.3 is 9.73 Å². The maximum atomic E-state index is 12.1. The van der Waals surface area contributed by atoms with Gasteiger partial charge in [-0.3, -0.25) is 4.79 Å². The summed E-state index contributed by atoms with van der Waals surface area (Å²) in [5.74, 6) is 1.16. The Bertz CT molecular complexity index is 844. The highest BCUT2D eigenvalue weighted by Crippen LogP contribution is 2.22. The molecule has 3 rings (SSSR count). The van der Waals surface area contributed by atoms with Crippen molar-refractivity contribution in [1.29, 1.82) is 0 Å². The third kappa shape index (κ3) is 4.03. The average molecular weight is 341 g/mol. The van der Waals surface area contributed by atoms with Gasteiger partial charge in [-0.1, -0.05) is 48.0 Å². The van der Waals surface area contributed by atoms with Gasteiger partial charge in [-0.05, 0) is 24.6 Å². The van der Waals surface area contributed by atoms with Crippen molar-refractivity contribution in [1.82, 2.24) is 4.98 Å². The SMILES string of the molecule is Cc1ccc(Cl)cc1NC(=O)CCc1ncc(-c2ccccc2)o1. The third-order valence-electron chi connectivity index (χ3n) is 3.65. The Kier molecular flexibility index (Phi) is 4.96. The van der Waals surface area contributed by atoms with Gasteiger partial charge in [0.05, 0.1) is 6.20 Å². The summed E-state index contributed by atoms with van der Waals surface area (Å²) in [6, 6.07) is 15.2. The van der Waals surface area contributed by atoms with Crippen molar-refractivity contribution in [3.63, 3.8) is 0 Å². The molecule has 1 heterocycles. The number of nitrogens with one attached hydrogen (secondary N) is 1. The summed E-state index contributed by atoms with van der Waals surface area (Å²) >= 11 is 5.96. The van der Waals surface area contributed by atoms with Crippen LogP contribution in [0.4, 0.5) is 5.69 Å². The summed E-state index contributed by atoms with van der Waals surface area (Å²) in [5.41, 5.74) is 2.66. The van der Waals surface area contributed by atoms with Crippen molar-refractivity contribution in [3.05, 3.63) is 71.2 Å². The van der Waals surface area contributed by atoms with E-state index in [-0.39, 0.29) is 5.91 Å². The monoisotopic (exact) mass is 340 g/mol. The Balaban J connectivity index is 1.59. The zero-order valence-electron chi connectivity index (χ0n) is 13.3. The van der Waals surface area contributed by atoms with E-state index in [1.807, 2.05) is 43.3 Å². The molecule has 1 aromatic heterocycles. The molecule has 0 aliphatic carbocycles. The number of oxazole rings is 1. The van der Waals surface area contributed by atoms with Crippen LogP contribution in [0.15, 0.2) is 59.1 Å². The molecular formula is C19H17ClN2O2. The van der Waals surface area contributed by atoms with Crippen LogP contribution in [0, 0.1) is 6.92 Å². The van der Waals surface area contributed by atoms with Crippen LogP contribution >= 0.6 is 11.6 Å². The number of nitrogens with zero attached hydrogens (tertiary/aromatic N) is 1. The lowest BCUT2D eigenvalue weighted by Gasteiger charge is -2.08. The Labute approximate surface area is 145 Å². The molecule has 0 atom stereocenters. The zero-order valence-corrected chi connectivity index (χ0v) is 14.0. The zero-order chi connectivity index (χ0) is 16.9. The highest BCUT2D eigenvalue weighted by Gasteiger charge is 2.10. The number of benzene rings is 2. The van der Waals surface area contributed by atoms with Crippen molar-refractivity contribution in [2.45, 2.75) is 19.8 Å². The minimum absolute atomic E-state index is 0.0974. The predicted molar refractivity (Wildman–Crippen MR) is 95.1 cm³/mol. The maximum Gasteiger partial charge on any atom is 0.224 e. The Morgan fingerprint density at radius 3 is 2.79 bits per heavy atom. The Hall–Kier alpha value is -2.59. The maximum absolute atomic E-state index is 12.1. The highest BCUT2D eigenvalue weighted by atomic mass is 35.5. The van der Waals surface area contributed by atoms with Gasteiger partial charge in [0, 0.05) is 29.1 Å². The van der Waals surface area contributed by atoms with Crippen LogP contribution in [0.25, 0.3) is 11.3 Å². The molecule has 122 valence electrons. The van der Waals surface area contributed by atoms with Gasteiger partial charge in [0.2, 0.25) is 5.91 Å². The fourth-order valence-electron chi connectivity index (χ4n) is 2.32. The minimum Gasteiger partial charge on any atom is -0.441 e. The van der Waals surface area contributed by atoms with E-state index in [1.165, 1.54) is 0 Å². The first-order valence-corrected chi connectivity index (χ1v) is 8.06. The molecule has 0 spiro atoms. The van der Waals surface area contributed by atoms with Gasteiger partial charge in [-0.2, -0.15) is 0 Å². The predicted octanol–water partition coefficient (Wildman–Crippen LogP) is 4.87. The lowest BCUT2D eigenvalue weighted by molar-refractivity contribution is -0.116. The first kappa shape index (κ1) is 16.3. The molecule has 2 aromatic carbocycles. The number of rotatable bonds is 5. The molecule has 0 unspecified atom stereocenters. The molecule has 3 aromatic rings. The summed E-state index contributed by atoms with van der Waals surface area (Å²) in [6.45, 7) is 1.92. The van der Waals surface area contributed by atoms with Crippen LogP contribution < -0.4 is 5.32 Å². The van der Waals surface area contributed by atoms with Crippen molar-refractivity contribution in [2.75, 3.05) is 5.32 Å². The normalized spacial score (nSPS) is 10.6. The molecule has 0 aliphatic heterocycles. The van der Waals surface area contributed by atoms with E-state index in [2.05, 4.69) is 10.3 Å². The number of carbonyl (C=O) groups excluding carboxylic acids is 1. The molecule has 0 saturated heterocycles. The van der Waals surface area contributed by atoms with E-state index >= 15 is 0 Å². The summed E-state index contributed by atoms with van der Waals surface area (Å²) in [5, 5.41) is 3.46. The fourth-order valence-corrected chi connectivity index (χ4v) is 2.50. The largest absolute Gasteiger partial charge is 0.441 e. The molecule has 5 heteroatoms. The summed E-state index contributed by atoms with van der Waals surface area (Å²) in [7, 11) is 0. The molecule has 0 saturated carbocycles. The fraction of sp³-hybridized carbons (Fsp3) is 0.158. The molecule has 0 aliphatic rings. The van der Waals surface area contributed by atoms with E-state index < -0.39 is 0 Å². The van der Waals surface area contributed by atoms with Gasteiger partial charge >= 0.3 is 0 Å². The number of aromatic nitrogens is 1. The first-order chi connectivity index (χ1) is 11.6. The molecule has 0 radical (unpaired) electrons. The lowest BCUT2D eigenvalue weighted by atomic mass is 10.2. The lowest BCUT2D eigenvalue weighted by Crippen LogP contribution is -2.13. The van der Waals surface area contributed by atoms with Crippen LogP contribution in [0.2, 0.25) is 5.02 Å². The van der Waals surface area contributed by atoms with Crippen LogP contribution in [0.3, 0.4) is 0 Å². The second-order valence-corrected chi connectivity index (χ2v) is 5.93. The van der Waals surface area contributed by atoms with Crippen LogP contribution in [0.1, 0.15) is 17.9 Å². The number of hydrogen-bond donors (Lipinski definition) is 1. The van der Waals surface area contributed by atoms with Crippen LogP contribution in [-0.4, -0.2) is 10.9 Å². The highest BCUT2D eigenvalue weighted by molar-refractivity contribution is 6.31. The smallest absolute Gasteiger partial charge is 0.224 e. The van der Waals surface area contributed by atoms with E-state index in [4.69, 9.17) is 16.0 Å². The molecule has 1 amide bonds. The Morgan fingerprint density at radius 2 is 2.00 bits per heavy atom. The van der Waals surface area contributed by atoms with E-state index in [9.17, 15) is 4.79 Å². The second-order valence-electron chi connectivity index (χ2n) is 5.49. The third-order valence-corrected chi connectivity index (χ3v) is 3.89. The van der Waals surface area contributed by atoms with Crippen LogP contribution in [0.5, 0.6) is 0 Å². The molecular weight excluding hydrogens is 324 g/mol. The number of carbonyl (C=O) groups is 1. The van der Waals surface area contributed by atoms with Crippen molar-refractivity contribution >= 4 is 23.2 Å². The van der Waals surface area contributed by atoms with Gasteiger partial charge in [0.1, 0.15) is 0 Å². The van der Waals surface area contributed by atoms with E-state index in [1.54, 1.807) is 18.3 Å². The van der Waals surface area contributed by atoms with Gasteiger partial charge in [0.25, 0.3) is 0 Å². The molecule has 0 fully saturated rings. The summed E-state index contributed by atoms with van der Waals surface area (Å²) < 4.78 is 5.70. The average Bonchev–Trinajstić information content (AvgIpc) is 3.06. The topological polar surface area (TPSA) is 55.1 Å². The number of hydrogen-bond acceptors (Lipinski definition) is 3. The summed E-state index contributed by atoms with van der Waals surface area (Å²) in [6.07, 6.45) is 2.42. The number of anilines is 1.